The second kappa shape index (κ2) is 3.92. The van der Waals surface area contributed by atoms with Gasteiger partial charge in [-0.25, -0.2) is 0 Å². The largest absolute Gasteiger partial charge is 0.412 e. The van der Waals surface area contributed by atoms with Gasteiger partial charge in [-0.15, -0.1) is 0 Å². The van der Waals surface area contributed by atoms with Gasteiger partial charge in [-0.2, -0.15) is 0 Å². The van der Waals surface area contributed by atoms with Crippen LogP contribution in [-0.2, 0) is 0 Å². The van der Waals surface area contributed by atoms with Crippen LogP contribution < -0.4 is 0 Å². The van der Waals surface area contributed by atoms with E-state index in [9.17, 15) is 0 Å². The summed E-state index contributed by atoms with van der Waals surface area (Å²) in [7, 11) is 6.00. The van der Waals surface area contributed by atoms with E-state index >= 15 is 0 Å². The van der Waals surface area contributed by atoms with E-state index in [0.29, 0.717) is 0 Å². The van der Waals surface area contributed by atoms with Crippen LogP contribution in [-0.4, -0.2) is 31.5 Å². The van der Waals surface area contributed by atoms with Gasteiger partial charge in [-0.3, -0.25) is 0 Å². The zero-order valence-corrected chi connectivity index (χ0v) is 3.95. The van der Waals surface area contributed by atoms with E-state index in [-0.39, 0.29) is 5.48 Å². The lowest BCUT2D eigenvalue weighted by atomic mass is 3.00. The summed E-state index contributed by atoms with van der Waals surface area (Å²) in [5.41, 5.74) is 0. The lowest BCUT2D eigenvalue weighted by molar-refractivity contribution is 0.505. The molecule has 0 aliphatic heterocycles. The highest BCUT2D eigenvalue weighted by atomic mass is 15.0. The Morgan fingerprint density at radius 2 is 1.00 bits per heavy atom. The Morgan fingerprint density at radius 1 is 1.00 bits per heavy atom. The van der Waals surface area contributed by atoms with Crippen LogP contribution in [0.25, 0.3) is 0 Å². The molecule has 0 radical (unpaired) electrons. The highest BCUT2D eigenvalue weighted by Gasteiger charge is 1.58. The molecule has 0 fully saturated rings. The van der Waals surface area contributed by atoms with Crippen molar-refractivity contribution in [3.63, 3.8) is 0 Å². The first-order valence-electron chi connectivity index (χ1n) is 1.34. The van der Waals surface area contributed by atoms with Crippen molar-refractivity contribution in [2.45, 2.75) is 0 Å². The summed E-state index contributed by atoms with van der Waals surface area (Å²) < 4.78 is 0. The zero-order valence-electron chi connectivity index (χ0n) is 3.95. The van der Waals surface area contributed by atoms with Gasteiger partial charge in [0.1, 0.15) is 0 Å². The van der Waals surface area contributed by atoms with Crippen molar-refractivity contribution in [1.82, 2.24) is 4.90 Å². The van der Waals surface area contributed by atoms with Crippen molar-refractivity contribution < 1.29 is 5.48 Å². The summed E-state index contributed by atoms with van der Waals surface area (Å²) in [6, 6.07) is 0. The normalized spacial score (nSPS) is 7.20. The first-order chi connectivity index (χ1) is 1.73. The first-order valence-corrected chi connectivity index (χ1v) is 1.34. The number of nitrogens with zero attached hydrogens (tertiary/aromatic N) is 1. The molecule has 0 aromatic rings. The molecule has 0 rings (SSSR count). The van der Waals surface area contributed by atoms with Crippen LogP contribution in [0.5, 0.6) is 0 Å². The lowest BCUT2D eigenvalue weighted by Crippen LogP contribution is -1.99. The lowest BCUT2D eigenvalue weighted by Gasteiger charge is -1.90. The Bertz CT molecular complexity index is 11.6. The molecule has 34 valence electrons. The van der Waals surface area contributed by atoms with Crippen LogP contribution >= 0.6 is 0 Å². The predicted molar refractivity (Wildman–Crippen MR) is 23.2 cm³/mol. The van der Waals surface area contributed by atoms with Gasteiger partial charge >= 0.3 is 0 Å². The fraction of sp³-hybridized carbons (Fsp3) is 1.00. The van der Waals surface area contributed by atoms with E-state index in [1.54, 1.807) is 0 Å². The number of hydrogen-bond donors (Lipinski definition) is 0. The molecule has 0 saturated heterocycles. The third kappa shape index (κ3) is 2260. The van der Waals surface area contributed by atoms with Gasteiger partial charge in [-0.1, -0.05) is 0 Å². The molecular weight excluding hydrogens is 53.0 g/mol. The van der Waals surface area contributed by atoms with Crippen LogP contribution in [0.2, 0.25) is 0 Å². The molecule has 2 nitrogen and oxygen atoms in total. The van der Waals surface area contributed by atoms with Gasteiger partial charge < -0.3 is 10.4 Å². The fourth-order valence-electron chi connectivity index (χ4n) is 0. The summed E-state index contributed by atoms with van der Waals surface area (Å²) in [5, 5.41) is 0. The SMILES string of the molecule is CN(C)C.[3OH2]. The number of hydrogen-bond acceptors (Lipinski definition) is 1. The predicted octanol–water partition coefficient (Wildman–Crippen LogP) is -0.647. The van der Waals surface area contributed by atoms with E-state index in [2.05, 4.69) is 0 Å². The fourth-order valence-corrected chi connectivity index (χ4v) is 0. The molecule has 0 aromatic heterocycles. The van der Waals surface area contributed by atoms with E-state index in [1.807, 2.05) is 26.0 Å². The van der Waals surface area contributed by atoms with Crippen molar-refractivity contribution in [3.8, 4) is 0 Å². The topological polar surface area (TPSA) is 34.7 Å². The standard InChI is InChI=1S/C3H9N.H2O/c1-4(2)3;/h1-3H3;1H2/i;1-13. The van der Waals surface area contributed by atoms with Crippen LogP contribution in [0.4, 0.5) is 0 Å². The molecule has 0 aliphatic rings. The Hall–Kier alpha value is -0.0800. The maximum Gasteiger partial charge on any atom is -0.0140 e. The summed E-state index contributed by atoms with van der Waals surface area (Å²) in [4.78, 5) is 2.00. The van der Waals surface area contributed by atoms with Crippen molar-refractivity contribution >= 4 is 0 Å². The monoisotopic (exact) mass is 64.1 g/mol. The molecule has 2 N–H and O–H groups in total. The molecule has 0 heterocycles. The molecule has 0 aliphatic carbocycles. The smallest absolute Gasteiger partial charge is 0.0140 e. The van der Waals surface area contributed by atoms with Gasteiger partial charge in [0.25, 0.3) is 0 Å². The molecular formula is C3H11NO. The third-order valence-electron chi connectivity index (χ3n) is 0. The Labute approximate surface area is 32.7 Å². The summed E-state index contributed by atoms with van der Waals surface area (Å²) in [5.74, 6) is 0. The molecule has 0 unspecified atom stereocenters. The van der Waals surface area contributed by atoms with Gasteiger partial charge in [0.05, 0.1) is 0 Å². The first kappa shape index (κ1) is 8.87. The van der Waals surface area contributed by atoms with Crippen molar-refractivity contribution in [3.05, 3.63) is 0 Å². The minimum atomic E-state index is 0. The molecule has 0 amide bonds. The zero-order chi connectivity index (χ0) is 3.58. The highest BCUT2D eigenvalue weighted by molar-refractivity contribution is 4.09. The average Bonchev–Trinajstić information content (AvgIpc) is 0.811. The molecule has 2 heteroatoms. The summed E-state index contributed by atoms with van der Waals surface area (Å²) in [6.07, 6.45) is 0. The van der Waals surface area contributed by atoms with E-state index in [4.69, 9.17) is 0 Å². The maximum absolute atomic E-state index is 2.00. The van der Waals surface area contributed by atoms with E-state index in [0.717, 1.165) is 0 Å². The Balaban J connectivity index is 0. The summed E-state index contributed by atoms with van der Waals surface area (Å²) >= 11 is 0. The van der Waals surface area contributed by atoms with Crippen molar-refractivity contribution in [2.75, 3.05) is 21.1 Å². The van der Waals surface area contributed by atoms with E-state index in [1.165, 1.54) is 0 Å². The van der Waals surface area contributed by atoms with E-state index < -0.39 is 0 Å². The highest BCUT2D eigenvalue weighted by Crippen LogP contribution is 1.47. The molecule has 0 atom stereocenters. The minimum Gasteiger partial charge on any atom is -0.412 e. The van der Waals surface area contributed by atoms with Crippen molar-refractivity contribution in [1.29, 1.82) is 0 Å². The second-order valence-electron chi connectivity index (χ2n) is 1.34. The Morgan fingerprint density at radius 3 is 1.00 bits per heavy atom. The molecule has 0 spiro atoms. The number of rotatable bonds is 0. The van der Waals surface area contributed by atoms with Gasteiger partial charge in [-0.05, 0) is 21.1 Å². The van der Waals surface area contributed by atoms with Crippen LogP contribution in [0.1, 0.15) is 0 Å². The second-order valence-corrected chi connectivity index (χ2v) is 1.34. The quantitative estimate of drug-likeness (QED) is 0.368. The average molecular weight is 64.1 g/mol. The Kier molecular flexibility index (Phi) is 6.95. The molecule has 5 heavy (non-hydrogen) atoms. The molecule has 0 aromatic carbocycles. The van der Waals surface area contributed by atoms with Gasteiger partial charge in [0.2, 0.25) is 0 Å². The summed E-state index contributed by atoms with van der Waals surface area (Å²) in [6.45, 7) is 0. The molecule has 0 saturated carbocycles. The van der Waals surface area contributed by atoms with Gasteiger partial charge in [0.15, 0.2) is 0 Å². The maximum atomic E-state index is 2.00. The minimum absolute atomic E-state index is 0. The molecule has 0 bridgehead atoms. The third-order valence-corrected chi connectivity index (χ3v) is 0. The van der Waals surface area contributed by atoms with Crippen molar-refractivity contribution in [2.24, 2.45) is 0 Å². The van der Waals surface area contributed by atoms with Gasteiger partial charge in [0, 0.05) is 0 Å². The van der Waals surface area contributed by atoms with Crippen LogP contribution in [0.15, 0.2) is 0 Å². The van der Waals surface area contributed by atoms with Crippen LogP contribution in [0, 0.1) is 0 Å². The van der Waals surface area contributed by atoms with Crippen LogP contribution in [0.3, 0.4) is 0 Å².